The zero-order chi connectivity index (χ0) is 24.7. The molecule has 2 aliphatic rings. The van der Waals surface area contributed by atoms with Crippen molar-refractivity contribution < 1.29 is 17.7 Å². The molecule has 0 saturated carbocycles. The summed E-state index contributed by atoms with van der Waals surface area (Å²) in [4.78, 5) is 15.5. The summed E-state index contributed by atoms with van der Waals surface area (Å²) < 4.78 is 46.4. The van der Waals surface area contributed by atoms with Gasteiger partial charge in [0.15, 0.2) is 0 Å². The molecule has 7 nitrogen and oxygen atoms in total. The number of hydrogen-bond acceptors (Lipinski definition) is 4. The number of imidazole rings is 1. The van der Waals surface area contributed by atoms with Gasteiger partial charge in [-0.3, -0.25) is 13.9 Å². The predicted molar refractivity (Wildman–Crippen MR) is 126 cm³/mol. The maximum Gasteiger partial charge on any atom is 0.418 e. The Bertz CT molecular complexity index is 1370. The van der Waals surface area contributed by atoms with E-state index in [0.717, 1.165) is 35.9 Å². The molecule has 0 amide bonds. The summed E-state index contributed by atoms with van der Waals surface area (Å²) in [7, 11) is 1.88. The number of aromatic nitrogens is 2. The van der Waals surface area contributed by atoms with E-state index in [4.69, 9.17) is 0 Å². The number of pyridine rings is 1. The van der Waals surface area contributed by atoms with E-state index in [1.165, 1.54) is 16.8 Å². The lowest BCUT2D eigenvalue weighted by molar-refractivity contribution is -0.526. The number of piperidine rings is 1. The van der Waals surface area contributed by atoms with Crippen LogP contribution in [0.5, 0.6) is 0 Å². The number of fused-ring (bicyclic) bond motifs is 1. The number of nitrogens with zero attached hydrogens (tertiary/aromatic N) is 6. The van der Waals surface area contributed by atoms with Crippen LogP contribution in [0.2, 0.25) is 0 Å². The number of likely N-dealkylation sites (tertiary alicyclic amines) is 1. The van der Waals surface area contributed by atoms with Crippen molar-refractivity contribution in [2.45, 2.75) is 45.1 Å². The molecule has 5 rings (SSSR count). The molecular formula is C25H28F3N6O+. The van der Waals surface area contributed by atoms with Crippen molar-refractivity contribution in [3.8, 4) is 5.69 Å². The molecule has 3 aromatic rings. The summed E-state index contributed by atoms with van der Waals surface area (Å²) in [6.07, 6.45) is 2.47. The highest BCUT2D eigenvalue weighted by molar-refractivity contribution is 5.58. The third-order valence-electron chi connectivity index (χ3n) is 6.79. The summed E-state index contributed by atoms with van der Waals surface area (Å²) in [5.74, 6) is 0.508. The predicted octanol–water partition coefficient (Wildman–Crippen LogP) is 4.35. The maximum atomic E-state index is 14.0. The van der Waals surface area contributed by atoms with Crippen LogP contribution in [0.25, 0.3) is 11.2 Å². The van der Waals surface area contributed by atoms with E-state index in [2.05, 4.69) is 22.1 Å². The van der Waals surface area contributed by atoms with Gasteiger partial charge < -0.3 is 0 Å². The quantitative estimate of drug-likeness (QED) is 0.505. The molecule has 35 heavy (non-hydrogen) atoms. The van der Waals surface area contributed by atoms with Crippen molar-refractivity contribution in [3.63, 3.8) is 0 Å². The summed E-state index contributed by atoms with van der Waals surface area (Å²) in [6, 6.07) is 8.42. The number of benzene rings is 1. The van der Waals surface area contributed by atoms with Crippen molar-refractivity contribution >= 4 is 11.9 Å². The number of azo groups is 1. The Morgan fingerprint density at radius 3 is 2.71 bits per heavy atom. The molecule has 2 aliphatic heterocycles. The lowest BCUT2D eigenvalue weighted by Gasteiger charge is -2.31. The van der Waals surface area contributed by atoms with Crippen LogP contribution in [0.3, 0.4) is 0 Å². The Labute approximate surface area is 200 Å². The highest BCUT2D eigenvalue weighted by Crippen LogP contribution is 2.34. The van der Waals surface area contributed by atoms with E-state index in [9.17, 15) is 18.0 Å². The van der Waals surface area contributed by atoms with E-state index >= 15 is 0 Å². The minimum atomic E-state index is -4.58. The molecule has 1 aromatic carbocycles. The molecule has 1 saturated heterocycles. The Balaban J connectivity index is 1.53. The molecule has 184 valence electrons. The monoisotopic (exact) mass is 485 g/mol. The van der Waals surface area contributed by atoms with Crippen LogP contribution in [0.4, 0.5) is 13.2 Å². The van der Waals surface area contributed by atoms with Gasteiger partial charge in [0, 0.05) is 31.9 Å². The fraction of sp³-hybridized carbons (Fsp3) is 0.440. The first kappa shape index (κ1) is 23.5. The van der Waals surface area contributed by atoms with Gasteiger partial charge in [0.2, 0.25) is 6.17 Å². The average Bonchev–Trinajstić information content (AvgIpc) is 3.36. The molecule has 2 atom stereocenters. The van der Waals surface area contributed by atoms with Crippen LogP contribution < -0.4 is 5.69 Å². The highest BCUT2D eigenvalue weighted by Gasteiger charge is 2.35. The normalized spacial score (nSPS) is 21.1. The highest BCUT2D eigenvalue weighted by atomic mass is 19.4. The largest absolute Gasteiger partial charge is 0.418 e. The van der Waals surface area contributed by atoms with Crippen LogP contribution in [0.15, 0.2) is 57.7 Å². The van der Waals surface area contributed by atoms with Gasteiger partial charge >= 0.3 is 18.2 Å². The van der Waals surface area contributed by atoms with Crippen molar-refractivity contribution in [3.05, 3.63) is 69.9 Å². The first-order chi connectivity index (χ1) is 16.7. The molecule has 2 aromatic heterocycles. The zero-order valence-electron chi connectivity index (χ0n) is 19.7. The standard InChI is InChI=1S/C25H28F3N6O/c1-17-5-4-8-32(12-17)13-19-10-21(25(26,27)28)22-15-33(24(35)34(22)14-19)20-7-3-6-18(9-20)11-23-30-29-16-31(23)2/h3,6-7,9-10,14-17,23H,4-5,8,11-13H2,1-2H3/q+1/t17-,23?/m0/s1. The van der Waals surface area contributed by atoms with Gasteiger partial charge in [-0.2, -0.15) is 13.2 Å². The average molecular weight is 486 g/mol. The van der Waals surface area contributed by atoms with Crippen LogP contribution >= 0.6 is 0 Å². The number of halogens is 3. The van der Waals surface area contributed by atoms with Crippen LogP contribution in [0, 0.1) is 5.92 Å². The zero-order valence-corrected chi connectivity index (χ0v) is 19.7. The second-order valence-corrected chi connectivity index (χ2v) is 9.65. The van der Waals surface area contributed by atoms with Gasteiger partial charge in [0.25, 0.3) is 0 Å². The Morgan fingerprint density at radius 1 is 1.17 bits per heavy atom. The van der Waals surface area contributed by atoms with Gasteiger partial charge in [-0.25, -0.2) is 9.37 Å². The molecule has 0 spiro atoms. The van der Waals surface area contributed by atoms with E-state index in [1.807, 2.05) is 23.8 Å². The summed E-state index contributed by atoms with van der Waals surface area (Å²) in [5.41, 5.74) is 0.433. The SMILES string of the molecule is C[C@H]1CCCN(Cc2cc(C(F)(F)F)c3cn(-c4cccc(CC5N=NC=[N+]5C)c4)c(=O)n3c2)C1. The maximum absolute atomic E-state index is 14.0. The van der Waals surface area contributed by atoms with Crippen LogP contribution in [0.1, 0.15) is 36.5 Å². The van der Waals surface area contributed by atoms with Crippen molar-refractivity contribution in [2.24, 2.45) is 16.1 Å². The van der Waals surface area contributed by atoms with Crippen LogP contribution in [-0.4, -0.2) is 51.1 Å². The topological polar surface area (TPSA) is 57.4 Å². The smallest absolute Gasteiger partial charge is 0.299 e. The van der Waals surface area contributed by atoms with Crippen molar-refractivity contribution in [2.75, 3.05) is 20.1 Å². The molecule has 1 fully saturated rings. The Hall–Kier alpha value is -3.27. The van der Waals surface area contributed by atoms with E-state index in [-0.39, 0.29) is 11.7 Å². The van der Waals surface area contributed by atoms with Gasteiger partial charge in [-0.1, -0.05) is 19.1 Å². The fourth-order valence-electron chi connectivity index (χ4n) is 5.01. The number of alkyl halides is 3. The first-order valence-electron chi connectivity index (χ1n) is 11.8. The first-order valence-corrected chi connectivity index (χ1v) is 11.8. The lowest BCUT2D eigenvalue weighted by Crippen LogP contribution is -2.34. The third kappa shape index (κ3) is 4.80. The summed E-state index contributed by atoms with van der Waals surface area (Å²) in [5, 5.41) is 8.07. The second kappa shape index (κ2) is 9.07. The van der Waals surface area contributed by atoms with Crippen molar-refractivity contribution in [1.29, 1.82) is 0 Å². The molecule has 0 aliphatic carbocycles. The van der Waals surface area contributed by atoms with Crippen molar-refractivity contribution in [1.82, 2.24) is 13.9 Å². The minimum Gasteiger partial charge on any atom is -0.299 e. The molecule has 4 heterocycles. The summed E-state index contributed by atoms with van der Waals surface area (Å²) >= 11 is 0. The Morgan fingerprint density at radius 2 is 2.00 bits per heavy atom. The van der Waals surface area contributed by atoms with E-state index in [0.29, 0.717) is 30.1 Å². The number of likely N-dealkylation sites (N-methyl/N-ethyl adjacent to an activating group) is 1. The number of rotatable bonds is 5. The minimum absolute atomic E-state index is 0.146. The van der Waals surface area contributed by atoms with E-state index < -0.39 is 17.4 Å². The third-order valence-corrected chi connectivity index (χ3v) is 6.79. The van der Waals surface area contributed by atoms with Gasteiger partial charge in [0.05, 0.1) is 28.9 Å². The molecular weight excluding hydrogens is 457 g/mol. The Kier molecular flexibility index (Phi) is 6.08. The van der Waals surface area contributed by atoms with Gasteiger partial charge in [-0.15, -0.1) is 0 Å². The molecule has 0 bridgehead atoms. The van der Waals surface area contributed by atoms with Gasteiger partial charge in [0.1, 0.15) is 0 Å². The lowest BCUT2D eigenvalue weighted by atomic mass is 10.00. The summed E-state index contributed by atoms with van der Waals surface area (Å²) in [6.45, 7) is 4.23. The van der Waals surface area contributed by atoms with Gasteiger partial charge in [-0.05, 0) is 59.7 Å². The van der Waals surface area contributed by atoms with E-state index in [1.54, 1.807) is 24.7 Å². The van der Waals surface area contributed by atoms with Crippen LogP contribution in [-0.2, 0) is 19.1 Å². The molecule has 10 heteroatoms. The molecule has 0 radical (unpaired) electrons. The number of hydrogen-bond donors (Lipinski definition) is 0. The molecule has 0 N–H and O–H groups in total. The molecule has 1 unspecified atom stereocenters. The second-order valence-electron chi connectivity index (χ2n) is 9.65. The fourth-order valence-corrected chi connectivity index (χ4v) is 5.01.